The molecule has 0 heterocycles. The number of carbonyl (C=O) groups is 2. The Kier molecular flexibility index (Phi) is 4.90. The first-order chi connectivity index (χ1) is 12.1. The standard InChI is InChI=1S/C21H18N2O2/c1-15(24)22-19-11-7-16(8-12-19)17-9-13-20(14-10-17)23-21(25)18-5-3-2-4-6-18/h2-14H,1H3,(H,22,24)(H,23,25). The summed E-state index contributed by atoms with van der Waals surface area (Å²) in [6.45, 7) is 1.48. The molecule has 3 aromatic rings. The van der Waals surface area contributed by atoms with Gasteiger partial charge in [0.15, 0.2) is 0 Å². The van der Waals surface area contributed by atoms with Crippen LogP contribution in [0.3, 0.4) is 0 Å². The van der Waals surface area contributed by atoms with Crippen molar-refractivity contribution in [1.29, 1.82) is 0 Å². The van der Waals surface area contributed by atoms with Gasteiger partial charge in [-0.3, -0.25) is 9.59 Å². The van der Waals surface area contributed by atoms with Gasteiger partial charge < -0.3 is 10.6 Å². The third kappa shape index (κ3) is 4.32. The molecule has 124 valence electrons. The molecule has 4 nitrogen and oxygen atoms in total. The summed E-state index contributed by atoms with van der Waals surface area (Å²) < 4.78 is 0. The lowest BCUT2D eigenvalue weighted by molar-refractivity contribution is -0.114. The average Bonchev–Trinajstić information content (AvgIpc) is 2.63. The van der Waals surface area contributed by atoms with Crippen LogP contribution < -0.4 is 10.6 Å². The second kappa shape index (κ2) is 7.45. The van der Waals surface area contributed by atoms with E-state index in [-0.39, 0.29) is 11.8 Å². The Morgan fingerprint density at radius 2 is 1.12 bits per heavy atom. The highest BCUT2D eigenvalue weighted by Crippen LogP contribution is 2.23. The van der Waals surface area contributed by atoms with E-state index in [1.54, 1.807) is 12.1 Å². The predicted molar refractivity (Wildman–Crippen MR) is 101 cm³/mol. The molecule has 25 heavy (non-hydrogen) atoms. The van der Waals surface area contributed by atoms with Crippen molar-refractivity contribution in [2.75, 3.05) is 10.6 Å². The first-order valence-electron chi connectivity index (χ1n) is 7.96. The topological polar surface area (TPSA) is 58.2 Å². The van der Waals surface area contributed by atoms with Crippen LogP contribution in [0.5, 0.6) is 0 Å². The van der Waals surface area contributed by atoms with E-state index in [1.165, 1.54) is 6.92 Å². The fourth-order valence-corrected chi connectivity index (χ4v) is 2.49. The van der Waals surface area contributed by atoms with Crippen molar-refractivity contribution in [2.45, 2.75) is 6.92 Å². The minimum Gasteiger partial charge on any atom is -0.326 e. The Morgan fingerprint density at radius 3 is 1.60 bits per heavy atom. The highest BCUT2D eigenvalue weighted by Gasteiger charge is 2.05. The Balaban J connectivity index is 1.69. The van der Waals surface area contributed by atoms with E-state index in [9.17, 15) is 9.59 Å². The zero-order chi connectivity index (χ0) is 17.6. The molecule has 0 aliphatic heterocycles. The normalized spacial score (nSPS) is 10.1. The van der Waals surface area contributed by atoms with Gasteiger partial charge in [0.2, 0.25) is 5.91 Å². The van der Waals surface area contributed by atoms with Crippen molar-refractivity contribution < 1.29 is 9.59 Å². The van der Waals surface area contributed by atoms with Gasteiger partial charge in [0.1, 0.15) is 0 Å². The molecule has 0 unspecified atom stereocenters. The molecule has 3 aromatic carbocycles. The average molecular weight is 330 g/mol. The van der Waals surface area contributed by atoms with Crippen molar-refractivity contribution in [1.82, 2.24) is 0 Å². The van der Waals surface area contributed by atoms with Gasteiger partial charge in [-0.15, -0.1) is 0 Å². The molecule has 0 spiro atoms. The van der Waals surface area contributed by atoms with E-state index in [0.717, 1.165) is 22.5 Å². The van der Waals surface area contributed by atoms with Gasteiger partial charge >= 0.3 is 0 Å². The predicted octanol–water partition coefficient (Wildman–Crippen LogP) is 4.56. The van der Waals surface area contributed by atoms with E-state index in [0.29, 0.717) is 5.56 Å². The minimum atomic E-state index is -0.131. The first kappa shape index (κ1) is 16.5. The molecule has 0 atom stereocenters. The molecule has 0 aliphatic rings. The fourth-order valence-electron chi connectivity index (χ4n) is 2.49. The third-order valence-electron chi connectivity index (χ3n) is 3.72. The minimum absolute atomic E-state index is 0.0914. The number of amides is 2. The molecule has 2 N–H and O–H groups in total. The molecule has 4 heteroatoms. The lowest BCUT2D eigenvalue weighted by Gasteiger charge is -2.08. The van der Waals surface area contributed by atoms with Crippen molar-refractivity contribution in [3.8, 4) is 11.1 Å². The molecule has 0 bridgehead atoms. The molecule has 0 aliphatic carbocycles. The van der Waals surface area contributed by atoms with Gasteiger partial charge in [-0.05, 0) is 47.5 Å². The highest BCUT2D eigenvalue weighted by atomic mass is 16.2. The number of hydrogen-bond donors (Lipinski definition) is 2. The van der Waals surface area contributed by atoms with Crippen LogP contribution in [-0.2, 0) is 4.79 Å². The van der Waals surface area contributed by atoms with Gasteiger partial charge in [-0.2, -0.15) is 0 Å². The molecule has 0 fully saturated rings. The molecular formula is C21H18N2O2. The van der Waals surface area contributed by atoms with Gasteiger partial charge in [0.25, 0.3) is 5.91 Å². The van der Waals surface area contributed by atoms with Crippen molar-refractivity contribution in [3.05, 3.63) is 84.4 Å². The molecule has 0 saturated carbocycles. The number of rotatable bonds is 4. The summed E-state index contributed by atoms with van der Waals surface area (Å²) in [7, 11) is 0. The van der Waals surface area contributed by atoms with E-state index in [2.05, 4.69) is 10.6 Å². The molecule has 0 radical (unpaired) electrons. The second-order valence-corrected chi connectivity index (χ2v) is 5.66. The van der Waals surface area contributed by atoms with E-state index in [1.807, 2.05) is 66.7 Å². The summed E-state index contributed by atoms with van der Waals surface area (Å²) in [4.78, 5) is 23.2. The smallest absolute Gasteiger partial charge is 0.255 e. The van der Waals surface area contributed by atoms with Gasteiger partial charge in [-0.25, -0.2) is 0 Å². The van der Waals surface area contributed by atoms with Crippen LogP contribution in [-0.4, -0.2) is 11.8 Å². The highest BCUT2D eigenvalue weighted by molar-refractivity contribution is 6.04. The Morgan fingerprint density at radius 1 is 0.640 bits per heavy atom. The summed E-state index contributed by atoms with van der Waals surface area (Å²) in [6.07, 6.45) is 0. The van der Waals surface area contributed by atoms with Crippen LogP contribution in [0.15, 0.2) is 78.9 Å². The van der Waals surface area contributed by atoms with Crippen LogP contribution in [0, 0.1) is 0 Å². The summed E-state index contributed by atoms with van der Waals surface area (Å²) in [5.74, 6) is -0.223. The maximum absolute atomic E-state index is 12.1. The summed E-state index contributed by atoms with van der Waals surface area (Å²) >= 11 is 0. The lowest BCUT2D eigenvalue weighted by Crippen LogP contribution is -2.11. The first-order valence-corrected chi connectivity index (χ1v) is 7.96. The maximum atomic E-state index is 12.1. The largest absolute Gasteiger partial charge is 0.326 e. The van der Waals surface area contributed by atoms with Crippen molar-refractivity contribution in [3.63, 3.8) is 0 Å². The van der Waals surface area contributed by atoms with Crippen LogP contribution in [0.4, 0.5) is 11.4 Å². The number of nitrogens with one attached hydrogen (secondary N) is 2. The van der Waals surface area contributed by atoms with Crippen LogP contribution >= 0.6 is 0 Å². The Hall–Kier alpha value is -3.40. The van der Waals surface area contributed by atoms with Crippen molar-refractivity contribution >= 4 is 23.2 Å². The summed E-state index contributed by atoms with van der Waals surface area (Å²) in [5.41, 5.74) is 4.21. The second-order valence-electron chi connectivity index (χ2n) is 5.66. The zero-order valence-electron chi connectivity index (χ0n) is 13.8. The van der Waals surface area contributed by atoms with Crippen LogP contribution in [0.25, 0.3) is 11.1 Å². The lowest BCUT2D eigenvalue weighted by atomic mass is 10.0. The number of hydrogen-bond acceptors (Lipinski definition) is 2. The van der Waals surface area contributed by atoms with E-state index in [4.69, 9.17) is 0 Å². The number of carbonyl (C=O) groups excluding carboxylic acids is 2. The molecule has 0 saturated heterocycles. The number of benzene rings is 3. The van der Waals surface area contributed by atoms with Crippen LogP contribution in [0.1, 0.15) is 17.3 Å². The van der Waals surface area contributed by atoms with Crippen molar-refractivity contribution in [2.24, 2.45) is 0 Å². The monoisotopic (exact) mass is 330 g/mol. The molecule has 3 rings (SSSR count). The van der Waals surface area contributed by atoms with Gasteiger partial charge in [0.05, 0.1) is 0 Å². The van der Waals surface area contributed by atoms with E-state index >= 15 is 0 Å². The quantitative estimate of drug-likeness (QED) is 0.736. The van der Waals surface area contributed by atoms with Gasteiger partial charge in [0, 0.05) is 23.9 Å². The molecule has 0 aromatic heterocycles. The SMILES string of the molecule is CC(=O)Nc1ccc(-c2ccc(NC(=O)c3ccccc3)cc2)cc1. The maximum Gasteiger partial charge on any atom is 0.255 e. The summed E-state index contributed by atoms with van der Waals surface area (Å²) in [6, 6.07) is 24.4. The molecular weight excluding hydrogens is 312 g/mol. The third-order valence-corrected chi connectivity index (χ3v) is 3.72. The fraction of sp³-hybridized carbons (Fsp3) is 0.0476. The Bertz CT molecular complexity index is 870. The summed E-state index contributed by atoms with van der Waals surface area (Å²) in [5, 5.41) is 5.62. The van der Waals surface area contributed by atoms with Gasteiger partial charge in [-0.1, -0.05) is 42.5 Å². The number of anilines is 2. The molecule has 2 amide bonds. The zero-order valence-corrected chi connectivity index (χ0v) is 13.8. The van der Waals surface area contributed by atoms with Crippen LogP contribution in [0.2, 0.25) is 0 Å². The Labute approximate surface area is 146 Å². The van der Waals surface area contributed by atoms with E-state index < -0.39 is 0 Å².